The highest BCUT2D eigenvalue weighted by Gasteiger charge is 2.67. The number of hydrogen-bond acceptors (Lipinski definition) is 1. The summed E-state index contributed by atoms with van der Waals surface area (Å²) in [7, 11) is -1.85. The molecule has 2 aliphatic heterocycles. The number of hydrogen-bond donors (Lipinski definition) is 0. The number of rotatable bonds is 5. The van der Waals surface area contributed by atoms with Crippen LogP contribution in [0.4, 0.5) is 0 Å². The van der Waals surface area contributed by atoms with E-state index >= 15 is 0 Å². The van der Waals surface area contributed by atoms with Crippen molar-refractivity contribution < 1.29 is 13.6 Å². The van der Waals surface area contributed by atoms with Crippen LogP contribution in [0.3, 0.4) is 0 Å². The normalized spacial score (nSPS) is 15.7. The average molecular weight is 814 g/mol. The number of fused-ring (bicyclic) bond motifs is 16. The summed E-state index contributed by atoms with van der Waals surface area (Å²) in [6, 6.07) is 50.4. The first-order chi connectivity index (χ1) is 29.2. The number of pyridine rings is 1. The third-order valence-corrected chi connectivity index (χ3v) is 15.7. The first kappa shape index (κ1) is 37.9. The van der Waals surface area contributed by atoms with Crippen LogP contribution >= 0.6 is 0 Å². The van der Waals surface area contributed by atoms with E-state index in [1.165, 1.54) is 60.9 Å². The minimum absolute atomic E-state index is 0.0282. The fourth-order valence-corrected chi connectivity index (χ4v) is 12.4. The minimum atomic E-state index is -1.85. The topological polar surface area (TPSA) is 25.8 Å². The van der Waals surface area contributed by atoms with Crippen LogP contribution in [0.25, 0.3) is 72.4 Å². The van der Waals surface area contributed by atoms with Crippen molar-refractivity contribution in [3.63, 3.8) is 0 Å². The van der Waals surface area contributed by atoms with E-state index in [0.29, 0.717) is 11.8 Å². The Kier molecular flexibility index (Phi) is 8.07. The molecule has 61 heavy (non-hydrogen) atoms. The van der Waals surface area contributed by atoms with Gasteiger partial charge in [0.2, 0.25) is 5.69 Å². The quantitative estimate of drug-likeness (QED) is 0.126. The summed E-state index contributed by atoms with van der Waals surface area (Å²) in [4.78, 5) is 0. The van der Waals surface area contributed by atoms with Gasteiger partial charge in [-0.2, -0.15) is 4.57 Å². The van der Waals surface area contributed by atoms with E-state index in [9.17, 15) is 0 Å². The number of aromatic nitrogens is 3. The monoisotopic (exact) mass is 813 g/mol. The van der Waals surface area contributed by atoms with Crippen LogP contribution < -0.4 is 14.3 Å². The Morgan fingerprint density at radius 3 is 2.15 bits per heavy atom. The Balaban J connectivity index is 1.39. The smallest absolute Gasteiger partial charge is 0.364 e. The van der Waals surface area contributed by atoms with Crippen LogP contribution in [0.5, 0.6) is 0 Å². The first-order valence-electron chi connectivity index (χ1n) is 22.2. The van der Waals surface area contributed by atoms with Crippen LogP contribution in [0.15, 0.2) is 144 Å². The van der Waals surface area contributed by atoms with Crippen LogP contribution in [0.2, 0.25) is 19.6 Å². The summed E-state index contributed by atoms with van der Waals surface area (Å²) in [5.74, 6) is 1.88. The second kappa shape index (κ2) is 13.0. The Morgan fingerprint density at radius 1 is 0.672 bits per heavy atom. The molecule has 4 nitrogen and oxygen atoms in total. The lowest BCUT2D eigenvalue weighted by Crippen LogP contribution is -2.72. The van der Waals surface area contributed by atoms with Gasteiger partial charge in [0.25, 0.3) is 0 Å². The molecule has 5 heterocycles. The molecular weight excluding hydrogens is 759 g/mol. The second-order valence-corrected chi connectivity index (χ2v) is 25.3. The van der Waals surface area contributed by atoms with Crippen molar-refractivity contribution in [3.05, 3.63) is 167 Å². The lowest BCUT2D eigenvalue weighted by molar-refractivity contribution is -0.944. The molecule has 0 N–H and O–H groups in total. The molecule has 1 spiro atoms. The maximum atomic E-state index is 7.16. The Bertz CT molecular complexity index is 3280. The van der Waals surface area contributed by atoms with Gasteiger partial charge in [-0.1, -0.05) is 141 Å². The molecule has 11 rings (SSSR count). The van der Waals surface area contributed by atoms with Crippen LogP contribution in [0, 0.1) is 0 Å². The highest BCUT2D eigenvalue weighted by molar-refractivity contribution is 6.89. The van der Waals surface area contributed by atoms with Gasteiger partial charge in [-0.25, -0.2) is 0 Å². The molecule has 2 aliphatic rings. The predicted octanol–water partition coefficient (Wildman–Crippen LogP) is 13.1. The van der Waals surface area contributed by atoms with Crippen LogP contribution in [-0.4, -0.2) is 12.6 Å². The van der Waals surface area contributed by atoms with E-state index in [0.717, 1.165) is 44.5 Å². The molecule has 0 aliphatic carbocycles. The van der Waals surface area contributed by atoms with Gasteiger partial charge in [0.15, 0.2) is 22.8 Å². The second-order valence-electron chi connectivity index (χ2n) is 20.2. The van der Waals surface area contributed by atoms with E-state index in [1.54, 1.807) is 0 Å². The van der Waals surface area contributed by atoms with Crippen LogP contribution in [0.1, 0.15) is 88.1 Å². The highest BCUT2D eigenvalue weighted by atomic mass is 28.3. The molecule has 0 saturated carbocycles. The van der Waals surface area contributed by atoms with Crippen molar-refractivity contribution in [3.8, 4) is 39.5 Å². The zero-order valence-electron chi connectivity index (χ0n) is 37.2. The summed E-state index contributed by atoms with van der Waals surface area (Å²) < 4.78 is 15.1. The fourth-order valence-electron chi connectivity index (χ4n) is 10.6. The third kappa shape index (κ3) is 5.23. The van der Waals surface area contributed by atoms with Gasteiger partial charge < -0.3 is 4.42 Å². The predicted molar refractivity (Wildman–Crippen MR) is 255 cm³/mol. The number of benzene rings is 6. The molecular formula is C56H55N3OSi+2. The molecule has 3 aromatic heterocycles. The maximum Gasteiger partial charge on any atom is 0.364 e. The molecule has 5 heteroatoms. The Labute approximate surface area is 360 Å². The van der Waals surface area contributed by atoms with Gasteiger partial charge >= 0.3 is 11.5 Å². The summed E-state index contributed by atoms with van der Waals surface area (Å²) in [5.41, 5.74) is 17.3. The molecule has 0 bridgehead atoms. The van der Waals surface area contributed by atoms with E-state index in [2.05, 4.69) is 221 Å². The van der Waals surface area contributed by atoms with Gasteiger partial charge in [0.05, 0.1) is 24.8 Å². The number of nitrogens with zero attached hydrogens (tertiary/aromatic N) is 3. The van der Waals surface area contributed by atoms with Gasteiger partial charge in [-0.3, -0.25) is 0 Å². The van der Waals surface area contributed by atoms with Crippen molar-refractivity contribution >= 4 is 46.2 Å². The van der Waals surface area contributed by atoms with Gasteiger partial charge in [0, 0.05) is 27.6 Å². The number of para-hydroxylation sites is 3. The van der Waals surface area contributed by atoms with Crippen LogP contribution in [-0.2, 0) is 11.1 Å². The third-order valence-electron chi connectivity index (χ3n) is 13.7. The summed E-state index contributed by atoms with van der Waals surface area (Å²) in [6.07, 6.45) is 2.58. The molecule has 1 unspecified atom stereocenters. The summed E-state index contributed by atoms with van der Waals surface area (Å²) >= 11 is 0. The maximum absolute atomic E-state index is 7.16. The summed E-state index contributed by atoms with van der Waals surface area (Å²) in [5, 5.41) is 3.79. The largest absolute Gasteiger partial charge is 0.455 e. The fraction of sp³-hybridized carbons (Fsp3) is 0.250. The lowest BCUT2D eigenvalue weighted by Gasteiger charge is -2.25. The Hall–Kier alpha value is -6.04. The van der Waals surface area contributed by atoms with Crippen molar-refractivity contribution in [1.29, 1.82) is 0 Å². The molecule has 9 aromatic rings. The van der Waals surface area contributed by atoms with Gasteiger partial charge in [-0.15, -0.1) is 9.13 Å². The zero-order chi connectivity index (χ0) is 42.3. The van der Waals surface area contributed by atoms with Crippen molar-refractivity contribution in [2.24, 2.45) is 0 Å². The standard InChI is InChI=1S/C56H55N3OSi/c1-34(2)37-24-26-41-45(30-37)56(57-33-51(61(8,9)10)42(35(3)4)32-49(41)57)44-28-27-40-39-20-14-17-23-50(39)60-53(40)52(44)54-58(47-21-15-16-22-48(47)59(54)56)46-29-25-38(55(5,6)7)31-43(46)36-18-12-11-13-19-36/h11-35H,1-10H3/q+2. The highest BCUT2D eigenvalue weighted by Crippen LogP contribution is 2.53. The minimum Gasteiger partial charge on any atom is -0.455 e. The lowest BCUT2D eigenvalue weighted by atomic mass is 9.85. The average Bonchev–Trinajstić information content (AvgIpc) is 3.95. The van der Waals surface area contributed by atoms with Gasteiger partial charge in [-0.05, 0) is 94.1 Å². The molecule has 0 radical (unpaired) electrons. The molecule has 6 aromatic carbocycles. The first-order valence-corrected chi connectivity index (χ1v) is 25.7. The molecule has 0 saturated heterocycles. The van der Waals surface area contributed by atoms with Gasteiger partial charge in [0.1, 0.15) is 16.8 Å². The molecule has 0 amide bonds. The molecule has 1 atom stereocenters. The van der Waals surface area contributed by atoms with E-state index in [4.69, 9.17) is 4.42 Å². The Morgan fingerprint density at radius 2 is 1.41 bits per heavy atom. The summed E-state index contributed by atoms with van der Waals surface area (Å²) in [6.45, 7) is 23.8. The van der Waals surface area contributed by atoms with Crippen molar-refractivity contribution in [2.75, 3.05) is 0 Å². The molecule has 0 fully saturated rings. The van der Waals surface area contributed by atoms with E-state index in [-0.39, 0.29) is 5.41 Å². The number of furan rings is 1. The van der Waals surface area contributed by atoms with Crippen molar-refractivity contribution in [2.45, 2.75) is 91.0 Å². The van der Waals surface area contributed by atoms with E-state index < -0.39 is 13.7 Å². The van der Waals surface area contributed by atoms with E-state index in [1.807, 2.05) is 0 Å². The number of imidazole rings is 1. The molecule has 302 valence electrons. The zero-order valence-corrected chi connectivity index (χ0v) is 38.2. The SMILES string of the molecule is CC(C)c1ccc2c(c1)C1(c3ccc4c(oc5ccccc54)c3-c3n(-c4ccc(C(C)(C)C)cc4-c4ccccc4)c4ccccc4[n+]31)[n+]1cc([Si](C)(C)C)c(C(C)C)cc1-2. The van der Waals surface area contributed by atoms with Crippen molar-refractivity contribution in [1.82, 2.24) is 4.57 Å².